The minimum absolute atomic E-state index is 0.0674. The molecule has 7 nitrogen and oxygen atoms in total. The van der Waals surface area contributed by atoms with Gasteiger partial charge in [-0.3, -0.25) is 4.90 Å². The van der Waals surface area contributed by atoms with E-state index in [0.717, 1.165) is 17.0 Å². The van der Waals surface area contributed by atoms with Gasteiger partial charge in [0.25, 0.3) is 0 Å². The number of rotatable bonds is 3. The molecule has 26 heavy (non-hydrogen) atoms. The van der Waals surface area contributed by atoms with E-state index in [4.69, 9.17) is 5.73 Å². The summed E-state index contributed by atoms with van der Waals surface area (Å²) >= 11 is 0. The van der Waals surface area contributed by atoms with Crippen molar-refractivity contribution in [2.75, 3.05) is 4.90 Å². The Balaban J connectivity index is 2.17. The van der Waals surface area contributed by atoms with E-state index in [1.807, 2.05) is 0 Å². The number of carbonyl (C=O) groups excluding carboxylic acids is 1. The second-order valence-corrected chi connectivity index (χ2v) is 5.24. The van der Waals surface area contributed by atoms with Gasteiger partial charge in [0.15, 0.2) is 0 Å². The van der Waals surface area contributed by atoms with Crippen LogP contribution in [0, 0.1) is 0 Å². The zero-order chi connectivity index (χ0) is 18.9. The molecule has 0 unspecified atom stereocenters. The van der Waals surface area contributed by atoms with Crippen LogP contribution in [-0.4, -0.2) is 20.8 Å². The van der Waals surface area contributed by atoms with Crippen LogP contribution in [0.5, 0.6) is 0 Å². The lowest BCUT2D eigenvalue weighted by molar-refractivity contribution is -0.137. The molecule has 0 saturated carbocycles. The number of urea groups is 1. The second kappa shape index (κ2) is 6.39. The molecule has 2 aromatic carbocycles. The lowest BCUT2D eigenvalue weighted by Crippen LogP contribution is -2.32. The fourth-order valence-corrected chi connectivity index (χ4v) is 2.46. The molecular weight excluding hydrogens is 351 g/mol. The van der Waals surface area contributed by atoms with Gasteiger partial charge in [-0.2, -0.15) is 18.2 Å². The molecule has 2 amide bonds. The number of amides is 2. The van der Waals surface area contributed by atoms with Crippen molar-refractivity contribution in [3.8, 4) is 5.69 Å². The van der Waals surface area contributed by atoms with Gasteiger partial charge in [-0.25, -0.2) is 19.4 Å². The maximum Gasteiger partial charge on any atom is 0.416 e. The van der Waals surface area contributed by atoms with Gasteiger partial charge >= 0.3 is 17.9 Å². The summed E-state index contributed by atoms with van der Waals surface area (Å²) in [4.78, 5) is 27.8. The van der Waals surface area contributed by atoms with E-state index in [1.54, 1.807) is 18.2 Å². The van der Waals surface area contributed by atoms with Crippen molar-refractivity contribution in [1.82, 2.24) is 14.8 Å². The summed E-state index contributed by atoms with van der Waals surface area (Å²) in [5.74, 6) is 0. The number of nitrogens with two attached hydrogens (primary N) is 1. The first-order chi connectivity index (χ1) is 12.3. The summed E-state index contributed by atoms with van der Waals surface area (Å²) in [5, 5.41) is 2.40. The molecule has 0 aliphatic rings. The molecule has 0 bridgehead atoms. The van der Waals surface area contributed by atoms with Crippen molar-refractivity contribution < 1.29 is 18.0 Å². The van der Waals surface area contributed by atoms with E-state index in [0.29, 0.717) is 5.69 Å². The Morgan fingerprint density at radius 2 is 1.88 bits per heavy atom. The maximum atomic E-state index is 13.0. The number of carbonyl (C=O) groups is 1. The van der Waals surface area contributed by atoms with Crippen LogP contribution in [0.25, 0.3) is 5.69 Å². The van der Waals surface area contributed by atoms with E-state index >= 15 is 0 Å². The number of halogens is 3. The number of aromatic nitrogens is 3. The van der Waals surface area contributed by atoms with Crippen molar-refractivity contribution in [2.24, 2.45) is 5.73 Å². The summed E-state index contributed by atoms with van der Waals surface area (Å²) in [6.07, 6.45) is -3.39. The molecule has 0 atom stereocenters. The van der Waals surface area contributed by atoms with Crippen LogP contribution < -0.4 is 16.3 Å². The molecule has 3 aromatic rings. The monoisotopic (exact) mass is 363 g/mol. The predicted molar refractivity (Wildman–Crippen MR) is 87.4 cm³/mol. The fourth-order valence-electron chi connectivity index (χ4n) is 2.46. The van der Waals surface area contributed by atoms with Gasteiger partial charge < -0.3 is 5.73 Å². The third-order valence-corrected chi connectivity index (χ3v) is 3.54. The minimum atomic E-state index is -4.57. The van der Waals surface area contributed by atoms with E-state index in [-0.39, 0.29) is 11.4 Å². The van der Waals surface area contributed by atoms with Crippen LogP contribution >= 0.6 is 0 Å². The number of alkyl halides is 3. The average molecular weight is 363 g/mol. The van der Waals surface area contributed by atoms with Crippen LogP contribution in [0.3, 0.4) is 0 Å². The van der Waals surface area contributed by atoms with E-state index in [2.05, 4.69) is 10.1 Å². The number of benzene rings is 2. The minimum Gasteiger partial charge on any atom is -0.351 e. The molecule has 0 saturated heterocycles. The highest BCUT2D eigenvalue weighted by atomic mass is 19.4. The zero-order valence-electron chi connectivity index (χ0n) is 13.1. The number of hydrogen-bond acceptors (Lipinski definition) is 3. The third-order valence-electron chi connectivity index (χ3n) is 3.54. The highest BCUT2D eigenvalue weighted by Crippen LogP contribution is 2.35. The summed E-state index contributed by atoms with van der Waals surface area (Å²) < 4.78 is 40.2. The highest BCUT2D eigenvalue weighted by molar-refractivity contribution is 6.00. The molecule has 0 fully saturated rings. The van der Waals surface area contributed by atoms with E-state index < -0.39 is 23.5 Å². The van der Waals surface area contributed by atoms with Gasteiger partial charge in [-0.05, 0) is 30.3 Å². The third kappa shape index (κ3) is 3.29. The van der Waals surface area contributed by atoms with Crippen LogP contribution in [-0.2, 0) is 6.18 Å². The molecule has 3 rings (SSSR count). The van der Waals surface area contributed by atoms with Crippen LogP contribution in [0.2, 0.25) is 0 Å². The smallest absolute Gasteiger partial charge is 0.351 e. The lowest BCUT2D eigenvalue weighted by Gasteiger charge is -2.24. The topological polar surface area (TPSA) is 97.0 Å². The van der Waals surface area contributed by atoms with Crippen LogP contribution in [0.1, 0.15) is 5.56 Å². The summed E-state index contributed by atoms with van der Waals surface area (Å²) in [7, 11) is 0. The quantitative estimate of drug-likeness (QED) is 0.749. The highest BCUT2D eigenvalue weighted by Gasteiger charge is 2.31. The number of para-hydroxylation sites is 2. The van der Waals surface area contributed by atoms with Gasteiger partial charge in [0, 0.05) is 0 Å². The van der Waals surface area contributed by atoms with Gasteiger partial charge in [-0.1, -0.05) is 18.2 Å². The Kier molecular flexibility index (Phi) is 4.24. The molecule has 1 aromatic heterocycles. The average Bonchev–Trinajstić information content (AvgIpc) is 3.01. The number of hydrogen-bond donors (Lipinski definition) is 2. The standard InChI is InChI=1S/C16H12F3N5O2/c17-16(18,19)10-4-3-5-11(8-10)24(14(20)25)13-7-2-1-6-12(13)23-9-21-15(26)22-23/h1-9H,(H2,20,25)(H,22,26). The zero-order valence-corrected chi connectivity index (χ0v) is 13.1. The second-order valence-electron chi connectivity index (χ2n) is 5.24. The van der Waals surface area contributed by atoms with Crippen molar-refractivity contribution in [2.45, 2.75) is 6.18 Å². The summed E-state index contributed by atoms with van der Waals surface area (Å²) in [6.45, 7) is 0. The normalized spacial score (nSPS) is 11.3. The van der Waals surface area contributed by atoms with Crippen molar-refractivity contribution in [3.63, 3.8) is 0 Å². The number of H-pyrrole nitrogens is 1. The first-order valence-electron chi connectivity index (χ1n) is 7.27. The lowest BCUT2D eigenvalue weighted by atomic mass is 10.1. The fraction of sp³-hybridized carbons (Fsp3) is 0.0625. The molecular formula is C16H12F3N5O2. The molecule has 3 N–H and O–H groups in total. The molecule has 0 radical (unpaired) electrons. The van der Waals surface area contributed by atoms with Gasteiger partial charge in [-0.15, -0.1) is 0 Å². The first kappa shape index (κ1) is 17.3. The number of primary amides is 1. The van der Waals surface area contributed by atoms with Gasteiger partial charge in [0.05, 0.1) is 22.6 Å². The predicted octanol–water partition coefficient (Wildman–Crippen LogP) is 2.80. The molecule has 134 valence electrons. The molecule has 0 spiro atoms. The Morgan fingerprint density at radius 3 is 2.50 bits per heavy atom. The Bertz CT molecular complexity index is 1010. The largest absolute Gasteiger partial charge is 0.416 e. The van der Waals surface area contributed by atoms with E-state index in [1.165, 1.54) is 29.2 Å². The molecule has 10 heteroatoms. The summed E-state index contributed by atoms with van der Waals surface area (Å²) in [5.41, 5.74) is 4.29. The van der Waals surface area contributed by atoms with Crippen molar-refractivity contribution in [1.29, 1.82) is 0 Å². The number of nitrogens with one attached hydrogen (secondary N) is 1. The summed E-state index contributed by atoms with van der Waals surface area (Å²) in [6, 6.07) is 9.47. The molecule has 0 aliphatic carbocycles. The van der Waals surface area contributed by atoms with Crippen molar-refractivity contribution in [3.05, 3.63) is 70.9 Å². The van der Waals surface area contributed by atoms with Gasteiger partial charge in [0.1, 0.15) is 6.33 Å². The maximum absolute atomic E-state index is 13.0. The van der Waals surface area contributed by atoms with Crippen LogP contribution in [0.4, 0.5) is 29.3 Å². The number of nitrogens with zero attached hydrogens (tertiary/aromatic N) is 3. The number of aromatic amines is 1. The van der Waals surface area contributed by atoms with E-state index in [9.17, 15) is 22.8 Å². The molecule has 1 heterocycles. The SMILES string of the molecule is NC(=O)N(c1cccc(C(F)(F)F)c1)c1ccccc1-n1cnc(=O)[nH]1. The van der Waals surface area contributed by atoms with Gasteiger partial charge in [0.2, 0.25) is 0 Å². The van der Waals surface area contributed by atoms with Crippen LogP contribution in [0.15, 0.2) is 59.7 Å². The Hall–Kier alpha value is -3.56. The first-order valence-corrected chi connectivity index (χ1v) is 7.27. The number of anilines is 2. The molecule has 0 aliphatic heterocycles. The Morgan fingerprint density at radius 1 is 1.15 bits per heavy atom. The Labute approximate surface area is 144 Å². The van der Waals surface area contributed by atoms with Crippen molar-refractivity contribution >= 4 is 17.4 Å².